The molecule has 19 heavy (non-hydrogen) atoms. The van der Waals surface area contributed by atoms with E-state index in [0.29, 0.717) is 13.1 Å². The summed E-state index contributed by atoms with van der Waals surface area (Å²) in [6, 6.07) is 0. The Bertz CT molecular complexity index is 473. The molecule has 0 bridgehead atoms. The van der Waals surface area contributed by atoms with Crippen molar-refractivity contribution in [1.29, 1.82) is 0 Å². The van der Waals surface area contributed by atoms with Crippen molar-refractivity contribution in [3.63, 3.8) is 0 Å². The summed E-state index contributed by atoms with van der Waals surface area (Å²) < 4.78 is 7.53. The first-order chi connectivity index (χ1) is 8.78. The minimum absolute atomic E-state index is 0.258. The number of hydrogen-bond donors (Lipinski definition) is 0. The zero-order valence-corrected chi connectivity index (χ0v) is 12.3. The van der Waals surface area contributed by atoms with Crippen LogP contribution in [0.5, 0.6) is 0 Å². The van der Waals surface area contributed by atoms with E-state index in [-0.39, 0.29) is 6.09 Å². The molecule has 2 rings (SSSR count). The second-order valence-electron chi connectivity index (χ2n) is 6.00. The van der Waals surface area contributed by atoms with Crippen molar-refractivity contribution in [3.8, 4) is 0 Å². The smallest absolute Gasteiger partial charge is 0.410 e. The first-order valence-electron chi connectivity index (χ1n) is 6.47. The predicted octanol–water partition coefficient (Wildman–Crippen LogP) is 1.70. The summed E-state index contributed by atoms with van der Waals surface area (Å²) in [5, 5.41) is 0. The van der Waals surface area contributed by atoms with Crippen LogP contribution < -0.4 is 4.90 Å². The first kappa shape index (κ1) is 13.7. The maximum absolute atomic E-state index is 12.0. The van der Waals surface area contributed by atoms with Crippen molar-refractivity contribution in [3.05, 3.63) is 11.9 Å². The third kappa shape index (κ3) is 3.00. The van der Waals surface area contributed by atoms with Crippen molar-refractivity contribution in [2.24, 2.45) is 0 Å². The predicted molar refractivity (Wildman–Crippen MR) is 73.2 cm³/mol. The Morgan fingerprint density at radius 3 is 2.63 bits per heavy atom. The molecule has 0 aliphatic carbocycles. The number of anilines is 1. The molecule has 1 aliphatic rings. The van der Waals surface area contributed by atoms with Crippen molar-refractivity contribution in [2.45, 2.75) is 39.5 Å². The molecular weight excluding hydrogens is 244 g/mol. The molecule has 0 aromatic carbocycles. The van der Waals surface area contributed by atoms with Gasteiger partial charge in [0.05, 0.1) is 18.4 Å². The van der Waals surface area contributed by atoms with Crippen molar-refractivity contribution < 1.29 is 9.53 Å². The number of ether oxygens (including phenoxy) is 1. The third-order valence-corrected chi connectivity index (χ3v) is 2.92. The van der Waals surface area contributed by atoms with Crippen molar-refractivity contribution in [2.75, 3.05) is 25.5 Å². The number of fused-ring (bicyclic) bond motifs is 1. The number of hydrogen-bond acceptors (Lipinski definition) is 4. The van der Waals surface area contributed by atoms with Gasteiger partial charge in [0.2, 0.25) is 5.95 Å². The number of nitrogens with zero attached hydrogens (tertiary/aromatic N) is 4. The molecular formula is C13H22N4O2. The van der Waals surface area contributed by atoms with Crippen LogP contribution in [0.3, 0.4) is 0 Å². The summed E-state index contributed by atoms with van der Waals surface area (Å²) in [6.45, 7) is 7.59. The molecule has 6 nitrogen and oxygen atoms in total. The van der Waals surface area contributed by atoms with Crippen molar-refractivity contribution in [1.82, 2.24) is 14.5 Å². The average molecular weight is 266 g/mol. The topological polar surface area (TPSA) is 50.6 Å². The number of imidazole rings is 1. The lowest BCUT2D eigenvalue weighted by Gasteiger charge is -2.31. The Hall–Kier alpha value is -1.72. The second kappa shape index (κ2) is 4.75. The van der Waals surface area contributed by atoms with Gasteiger partial charge in [-0.15, -0.1) is 0 Å². The van der Waals surface area contributed by atoms with E-state index in [9.17, 15) is 4.79 Å². The van der Waals surface area contributed by atoms with Crippen LogP contribution in [0.15, 0.2) is 6.20 Å². The van der Waals surface area contributed by atoms with Gasteiger partial charge in [0, 0.05) is 27.2 Å². The summed E-state index contributed by atoms with van der Waals surface area (Å²) in [7, 11) is 3.94. The fraction of sp³-hybridized carbons (Fsp3) is 0.692. The quantitative estimate of drug-likeness (QED) is 0.776. The van der Waals surface area contributed by atoms with Crippen LogP contribution in [-0.2, 0) is 17.8 Å². The maximum atomic E-state index is 12.0. The van der Waals surface area contributed by atoms with Gasteiger partial charge in [-0.25, -0.2) is 9.78 Å². The normalized spacial score (nSPS) is 15.1. The summed E-state index contributed by atoms with van der Waals surface area (Å²) in [4.78, 5) is 20.1. The van der Waals surface area contributed by atoms with Crippen LogP contribution in [0.4, 0.5) is 10.7 Å². The molecule has 0 saturated heterocycles. The number of aromatic nitrogens is 2. The van der Waals surface area contributed by atoms with Crippen LogP contribution in [-0.4, -0.2) is 46.8 Å². The highest BCUT2D eigenvalue weighted by Crippen LogP contribution is 2.21. The lowest BCUT2D eigenvalue weighted by atomic mass is 10.2. The van der Waals surface area contributed by atoms with Gasteiger partial charge in [0.1, 0.15) is 5.60 Å². The van der Waals surface area contributed by atoms with Crippen LogP contribution >= 0.6 is 0 Å². The zero-order chi connectivity index (χ0) is 14.2. The van der Waals surface area contributed by atoms with E-state index in [1.54, 1.807) is 4.90 Å². The minimum Gasteiger partial charge on any atom is -0.444 e. The maximum Gasteiger partial charge on any atom is 0.410 e. The van der Waals surface area contributed by atoms with Crippen LogP contribution in [0.2, 0.25) is 0 Å². The molecule has 1 aliphatic heterocycles. The van der Waals surface area contributed by atoms with Crippen LogP contribution in [0, 0.1) is 0 Å². The van der Waals surface area contributed by atoms with Crippen molar-refractivity contribution >= 4 is 12.0 Å². The molecule has 1 aromatic rings. The summed E-state index contributed by atoms with van der Waals surface area (Å²) >= 11 is 0. The lowest BCUT2D eigenvalue weighted by Crippen LogP contribution is -2.41. The number of rotatable bonds is 1. The molecule has 2 heterocycles. The van der Waals surface area contributed by atoms with Gasteiger partial charge in [0.15, 0.2) is 0 Å². The molecule has 0 N–H and O–H groups in total. The van der Waals surface area contributed by atoms with E-state index in [1.807, 2.05) is 46.0 Å². The Labute approximate surface area is 114 Å². The van der Waals surface area contributed by atoms with Crippen LogP contribution in [0.25, 0.3) is 0 Å². The molecule has 1 aromatic heterocycles. The standard InChI is InChI=1S/C13H22N4O2/c1-13(2,3)19-12(18)16-6-7-17-10(9-16)8-14-11(17)15(4)5/h8H,6-7,9H2,1-5H3. The average Bonchev–Trinajstić information content (AvgIpc) is 2.68. The van der Waals surface area contributed by atoms with E-state index in [4.69, 9.17) is 4.74 Å². The minimum atomic E-state index is -0.455. The van der Waals surface area contributed by atoms with Gasteiger partial charge in [-0.1, -0.05) is 0 Å². The molecule has 106 valence electrons. The number of carbonyl (C=O) groups is 1. The zero-order valence-electron chi connectivity index (χ0n) is 12.3. The van der Waals surface area contributed by atoms with Gasteiger partial charge < -0.3 is 19.1 Å². The molecule has 0 radical (unpaired) electrons. The lowest BCUT2D eigenvalue weighted by molar-refractivity contribution is 0.0199. The monoisotopic (exact) mass is 266 g/mol. The Morgan fingerprint density at radius 1 is 1.37 bits per heavy atom. The Morgan fingerprint density at radius 2 is 2.05 bits per heavy atom. The molecule has 0 fully saturated rings. The largest absolute Gasteiger partial charge is 0.444 e. The fourth-order valence-corrected chi connectivity index (χ4v) is 2.10. The van der Waals surface area contributed by atoms with E-state index in [1.165, 1.54) is 0 Å². The van der Waals surface area contributed by atoms with E-state index < -0.39 is 5.60 Å². The Balaban J connectivity index is 2.09. The molecule has 0 atom stereocenters. The van der Waals surface area contributed by atoms with Gasteiger partial charge in [-0.2, -0.15) is 0 Å². The number of amides is 1. The molecule has 1 amide bonds. The molecule has 0 unspecified atom stereocenters. The van der Waals surface area contributed by atoms with Gasteiger partial charge in [0.25, 0.3) is 0 Å². The second-order valence-corrected chi connectivity index (χ2v) is 6.00. The van der Waals surface area contributed by atoms with E-state index in [0.717, 1.165) is 18.2 Å². The van der Waals surface area contributed by atoms with Gasteiger partial charge in [-0.05, 0) is 20.8 Å². The molecule has 0 saturated carbocycles. The van der Waals surface area contributed by atoms with E-state index in [2.05, 4.69) is 9.55 Å². The summed E-state index contributed by atoms with van der Waals surface area (Å²) in [6.07, 6.45) is 1.57. The SMILES string of the molecule is CN(C)c1ncc2n1CCN(C(=O)OC(C)(C)C)C2. The van der Waals surface area contributed by atoms with E-state index >= 15 is 0 Å². The van der Waals surface area contributed by atoms with Gasteiger partial charge >= 0.3 is 6.09 Å². The van der Waals surface area contributed by atoms with Crippen LogP contribution in [0.1, 0.15) is 26.5 Å². The fourth-order valence-electron chi connectivity index (χ4n) is 2.10. The highest BCUT2D eigenvalue weighted by atomic mass is 16.6. The summed E-state index contributed by atoms with van der Waals surface area (Å²) in [5.41, 5.74) is 0.588. The Kier molecular flexibility index (Phi) is 3.43. The third-order valence-electron chi connectivity index (χ3n) is 2.92. The van der Waals surface area contributed by atoms with Gasteiger partial charge in [-0.3, -0.25) is 0 Å². The highest BCUT2D eigenvalue weighted by Gasteiger charge is 2.27. The first-order valence-corrected chi connectivity index (χ1v) is 6.47. The molecule has 6 heteroatoms. The molecule has 0 spiro atoms. The highest BCUT2D eigenvalue weighted by molar-refractivity contribution is 5.68. The number of carbonyl (C=O) groups excluding carboxylic acids is 1. The summed E-state index contributed by atoms with van der Waals surface area (Å²) in [5.74, 6) is 0.929.